The van der Waals surface area contributed by atoms with Crippen LogP contribution in [0.1, 0.15) is 6.42 Å². The van der Waals surface area contributed by atoms with E-state index in [2.05, 4.69) is 4.72 Å². The second kappa shape index (κ2) is 6.23. The lowest BCUT2D eigenvalue weighted by atomic mass is 10.3. The van der Waals surface area contributed by atoms with Gasteiger partial charge in [0.25, 0.3) is 20.4 Å². The number of nitrogens with zero attached hydrogens (tertiary/aromatic N) is 2. The van der Waals surface area contributed by atoms with E-state index in [0.29, 0.717) is 39.1 Å². The Bertz CT molecular complexity index is 454. The van der Waals surface area contributed by atoms with E-state index in [0.717, 1.165) is 0 Å². The van der Waals surface area contributed by atoms with Crippen LogP contribution >= 0.6 is 0 Å². The minimum absolute atomic E-state index is 0.272. The quantitative estimate of drug-likeness (QED) is 0.448. The number of rotatable bonds is 6. The van der Waals surface area contributed by atoms with Crippen LogP contribution in [0.4, 0.5) is 0 Å². The maximum absolute atomic E-state index is 11.1. The standard InChI is InChI=1S/C7H19N5O4S2/c8-17(13,14)10-2-1-3-11-4-6-12(7-5-11)18(9,15)16/h10H,1-7H2,(H2,8,13,14)(H2,9,15,16). The third-order valence-corrected chi connectivity index (χ3v) is 4.34. The Morgan fingerprint density at radius 2 is 1.56 bits per heavy atom. The van der Waals surface area contributed by atoms with Crippen molar-refractivity contribution in [1.82, 2.24) is 13.9 Å². The first-order valence-corrected chi connectivity index (χ1v) is 8.51. The highest BCUT2D eigenvalue weighted by Gasteiger charge is 2.23. The smallest absolute Gasteiger partial charge is 0.276 e. The summed E-state index contributed by atoms with van der Waals surface area (Å²) in [6, 6.07) is 0. The predicted octanol–water partition coefficient (Wildman–Crippen LogP) is -3.01. The molecule has 108 valence electrons. The molecule has 1 heterocycles. The zero-order valence-electron chi connectivity index (χ0n) is 9.95. The van der Waals surface area contributed by atoms with Crippen molar-refractivity contribution in [2.75, 3.05) is 39.3 Å². The third kappa shape index (κ3) is 6.04. The zero-order valence-corrected chi connectivity index (χ0v) is 11.6. The fourth-order valence-electron chi connectivity index (χ4n) is 1.72. The molecular formula is C7H19N5O4S2. The minimum atomic E-state index is -3.63. The molecule has 0 radical (unpaired) electrons. The van der Waals surface area contributed by atoms with E-state index in [1.165, 1.54) is 4.31 Å². The molecule has 11 heteroatoms. The SMILES string of the molecule is NS(=O)(=O)NCCCN1CCN(S(N)(=O)=O)CC1. The van der Waals surface area contributed by atoms with Crippen LogP contribution in [-0.2, 0) is 20.4 Å². The van der Waals surface area contributed by atoms with Gasteiger partial charge in [-0.1, -0.05) is 0 Å². The molecule has 0 aromatic rings. The largest absolute Gasteiger partial charge is 0.301 e. The summed E-state index contributed by atoms with van der Waals surface area (Å²) in [4.78, 5) is 2.05. The van der Waals surface area contributed by atoms with E-state index in [1.807, 2.05) is 4.90 Å². The summed E-state index contributed by atoms with van der Waals surface area (Å²) in [6.45, 7) is 2.86. The van der Waals surface area contributed by atoms with Gasteiger partial charge in [0.15, 0.2) is 0 Å². The average molecular weight is 301 g/mol. The van der Waals surface area contributed by atoms with Gasteiger partial charge >= 0.3 is 0 Å². The fourth-order valence-corrected chi connectivity index (χ4v) is 2.83. The molecule has 0 aromatic heterocycles. The lowest BCUT2D eigenvalue weighted by Gasteiger charge is -2.32. The molecule has 0 saturated carbocycles. The topological polar surface area (TPSA) is 139 Å². The van der Waals surface area contributed by atoms with Gasteiger partial charge in [0.05, 0.1) is 0 Å². The Kier molecular flexibility index (Phi) is 5.46. The number of nitrogens with two attached hydrogens (primary N) is 2. The van der Waals surface area contributed by atoms with Crippen LogP contribution in [0.15, 0.2) is 0 Å². The molecule has 1 rings (SSSR count). The molecule has 0 aromatic carbocycles. The summed E-state index contributed by atoms with van der Waals surface area (Å²) >= 11 is 0. The van der Waals surface area contributed by atoms with Crippen LogP contribution in [0.2, 0.25) is 0 Å². The maximum Gasteiger partial charge on any atom is 0.276 e. The number of nitrogens with one attached hydrogen (secondary N) is 1. The Balaban J connectivity index is 2.21. The van der Waals surface area contributed by atoms with Gasteiger partial charge in [-0.15, -0.1) is 0 Å². The highest BCUT2D eigenvalue weighted by molar-refractivity contribution is 7.87. The Labute approximate surface area is 107 Å². The molecule has 9 nitrogen and oxygen atoms in total. The molecule has 1 saturated heterocycles. The van der Waals surface area contributed by atoms with Gasteiger partial charge in [0.1, 0.15) is 0 Å². The summed E-state index contributed by atoms with van der Waals surface area (Å²) in [6.07, 6.45) is 0.617. The Morgan fingerprint density at radius 3 is 2.00 bits per heavy atom. The first-order chi connectivity index (χ1) is 8.18. The van der Waals surface area contributed by atoms with E-state index in [9.17, 15) is 16.8 Å². The van der Waals surface area contributed by atoms with Gasteiger partial charge in [-0.05, 0) is 13.0 Å². The minimum Gasteiger partial charge on any atom is -0.301 e. The van der Waals surface area contributed by atoms with Gasteiger partial charge in [0, 0.05) is 32.7 Å². The fraction of sp³-hybridized carbons (Fsp3) is 1.00. The van der Waals surface area contributed by atoms with Crippen molar-refractivity contribution < 1.29 is 16.8 Å². The molecule has 0 amide bonds. The average Bonchev–Trinajstić information content (AvgIpc) is 2.22. The van der Waals surface area contributed by atoms with E-state index >= 15 is 0 Å². The summed E-state index contributed by atoms with van der Waals surface area (Å²) in [5.74, 6) is 0. The first kappa shape index (κ1) is 15.8. The van der Waals surface area contributed by atoms with E-state index in [4.69, 9.17) is 10.3 Å². The number of piperazine rings is 1. The summed E-state index contributed by atoms with van der Waals surface area (Å²) in [5.41, 5.74) is 0. The molecule has 5 N–H and O–H groups in total. The van der Waals surface area contributed by atoms with Crippen molar-refractivity contribution >= 4 is 20.4 Å². The molecule has 1 aliphatic heterocycles. The maximum atomic E-state index is 11.1. The highest BCUT2D eigenvalue weighted by Crippen LogP contribution is 2.04. The molecule has 0 atom stereocenters. The van der Waals surface area contributed by atoms with Gasteiger partial charge < -0.3 is 4.90 Å². The van der Waals surface area contributed by atoms with Crippen LogP contribution in [0.5, 0.6) is 0 Å². The van der Waals surface area contributed by atoms with Crippen molar-refractivity contribution in [3.63, 3.8) is 0 Å². The summed E-state index contributed by atoms with van der Waals surface area (Å²) in [7, 11) is -7.22. The number of hydrogen-bond acceptors (Lipinski definition) is 5. The lowest BCUT2D eigenvalue weighted by Crippen LogP contribution is -2.51. The molecule has 18 heavy (non-hydrogen) atoms. The van der Waals surface area contributed by atoms with Crippen molar-refractivity contribution in [3.8, 4) is 0 Å². The summed E-state index contributed by atoms with van der Waals surface area (Å²) in [5, 5.41) is 9.80. The van der Waals surface area contributed by atoms with Crippen LogP contribution in [0.25, 0.3) is 0 Å². The summed E-state index contributed by atoms with van der Waals surface area (Å²) < 4.78 is 46.7. The molecule has 0 bridgehead atoms. The molecule has 0 aliphatic carbocycles. The van der Waals surface area contributed by atoms with Crippen LogP contribution in [-0.4, -0.2) is 65.3 Å². The van der Waals surface area contributed by atoms with Crippen molar-refractivity contribution in [2.45, 2.75) is 6.42 Å². The van der Waals surface area contributed by atoms with Crippen molar-refractivity contribution in [2.24, 2.45) is 10.3 Å². The van der Waals surface area contributed by atoms with Crippen LogP contribution in [0.3, 0.4) is 0 Å². The highest BCUT2D eigenvalue weighted by atomic mass is 32.2. The monoisotopic (exact) mass is 301 g/mol. The zero-order chi connectivity index (χ0) is 13.8. The van der Waals surface area contributed by atoms with Gasteiger partial charge in [0.2, 0.25) is 0 Å². The molecule has 1 aliphatic rings. The van der Waals surface area contributed by atoms with E-state index in [-0.39, 0.29) is 6.54 Å². The second-order valence-electron chi connectivity index (χ2n) is 4.08. The van der Waals surface area contributed by atoms with Crippen LogP contribution < -0.4 is 15.0 Å². The molecule has 0 spiro atoms. The normalized spacial score (nSPS) is 20.1. The Morgan fingerprint density at radius 1 is 1.00 bits per heavy atom. The van der Waals surface area contributed by atoms with E-state index in [1.54, 1.807) is 0 Å². The third-order valence-electron chi connectivity index (χ3n) is 2.65. The van der Waals surface area contributed by atoms with Gasteiger partial charge in [-0.3, -0.25) is 0 Å². The van der Waals surface area contributed by atoms with Gasteiger partial charge in [-0.2, -0.15) is 21.1 Å². The van der Waals surface area contributed by atoms with Crippen molar-refractivity contribution in [1.29, 1.82) is 0 Å². The second-order valence-corrected chi connectivity index (χ2v) is 7.00. The number of hydrogen-bond donors (Lipinski definition) is 3. The molecular weight excluding hydrogens is 282 g/mol. The Hall–Kier alpha value is -0.300. The first-order valence-electron chi connectivity index (χ1n) is 5.46. The van der Waals surface area contributed by atoms with E-state index < -0.39 is 20.4 Å². The van der Waals surface area contributed by atoms with Crippen LogP contribution in [0, 0.1) is 0 Å². The predicted molar refractivity (Wildman–Crippen MR) is 66.8 cm³/mol. The van der Waals surface area contributed by atoms with Crippen molar-refractivity contribution in [3.05, 3.63) is 0 Å². The van der Waals surface area contributed by atoms with Gasteiger partial charge in [-0.25, -0.2) is 15.0 Å². The lowest BCUT2D eigenvalue weighted by molar-refractivity contribution is 0.187. The molecule has 0 unspecified atom stereocenters. The molecule has 1 fully saturated rings.